The van der Waals surface area contributed by atoms with Gasteiger partial charge in [0.1, 0.15) is 11.9 Å². The van der Waals surface area contributed by atoms with Crippen molar-refractivity contribution < 1.29 is 4.79 Å². The number of hydrogen-bond donors (Lipinski definition) is 2. The third kappa shape index (κ3) is 3.98. The van der Waals surface area contributed by atoms with E-state index in [1.54, 1.807) is 0 Å². The molecular weight excluding hydrogens is 396 g/mol. The van der Waals surface area contributed by atoms with Crippen molar-refractivity contribution >= 4 is 23.5 Å². The van der Waals surface area contributed by atoms with Gasteiger partial charge in [0.15, 0.2) is 5.82 Å². The molecule has 1 aromatic carbocycles. The third-order valence-corrected chi connectivity index (χ3v) is 6.51. The molecule has 0 bridgehead atoms. The molecule has 0 atom stereocenters. The lowest BCUT2D eigenvalue weighted by molar-refractivity contribution is -0.113. The standard InChI is InChI=1S/C22H24N6OS/c1-14-15(2)28(17-10-6-7-11-17)21(18(14)12-23)24-19(29)13-30-22-25-20(26-27-22)16-8-4-3-5-9-16/h3-5,8-9,17H,6-7,10-11,13H2,1-2H3,(H,24,29)(H,25,26,27). The van der Waals surface area contributed by atoms with E-state index in [1.807, 2.05) is 44.2 Å². The Morgan fingerprint density at radius 3 is 2.73 bits per heavy atom. The molecule has 1 aliphatic carbocycles. The summed E-state index contributed by atoms with van der Waals surface area (Å²) in [5.74, 6) is 1.31. The maximum atomic E-state index is 12.7. The topological polar surface area (TPSA) is 99.4 Å². The van der Waals surface area contributed by atoms with Crippen molar-refractivity contribution in [3.63, 3.8) is 0 Å². The fourth-order valence-corrected chi connectivity index (χ4v) is 4.64. The zero-order valence-electron chi connectivity index (χ0n) is 17.1. The van der Waals surface area contributed by atoms with E-state index in [0.717, 1.165) is 29.7 Å². The van der Waals surface area contributed by atoms with Gasteiger partial charge in [-0.05, 0) is 32.3 Å². The number of nitrogens with one attached hydrogen (secondary N) is 2. The van der Waals surface area contributed by atoms with E-state index < -0.39 is 0 Å². The second-order valence-electron chi connectivity index (χ2n) is 7.52. The lowest BCUT2D eigenvalue weighted by Crippen LogP contribution is -2.19. The van der Waals surface area contributed by atoms with Gasteiger partial charge in [0, 0.05) is 17.3 Å². The number of aromatic amines is 1. The predicted molar refractivity (Wildman–Crippen MR) is 117 cm³/mol. The molecule has 1 fully saturated rings. The molecule has 154 valence electrons. The summed E-state index contributed by atoms with van der Waals surface area (Å²) >= 11 is 1.27. The van der Waals surface area contributed by atoms with E-state index in [0.29, 0.717) is 28.4 Å². The molecule has 0 unspecified atom stereocenters. The smallest absolute Gasteiger partial charge is 0.235 e. The van der Waals surface area contributed by atoms with Gasteiger partial charge in [-0.1, -0.05) is 54.9 Å². The summed E-state index contributed by atoms with van der Waals surface area (Å²) in [7, 11) is 0. The number of nitriles is 1. The normalized spacial score (nSPS) is 14.0. The molecule has 7 nitrogen and oxygen atoms in total. The molecule has 1 aliphatic rings. The van der Waals surface area contributed by atoms with Gasteiger partial charge >= 0.3 is 0 Å². The second kappa shape index (κ2) is 8.76. The maximum absolute atomic E-state index is 12.7. The van der Waals surface area contributed by atoms with Gasteiger partial charge < -0.3 is 9.88 Å². The zero-order chi connectivity index (χ0) is 21.1. The monoisotopic (exact) mass is 420 g/mol. The summed E-state index contributed by atoms with van der Waals surface area (Å²) in [5.41, 5.74) is 3.50. The Hall–Kier alpha value is -3.05. The first-order valence-corrected chi connectivity index (χ1v) is 11.1. The van der Waals surface area contributed by atoms with Crippen molar-refractivity contribution in [3.05, 3.63) is 47.2 Å². The number of amides is 1. The van der Waals surface area contributed by atoms with Gasteiger partial charge in [-0.2, -0.15) is 5.26 Å². The minimum atomic E-state index is -0.167. The summed E-state index contributed by atoms with van der Waals surface area (Å²) < 4.78 is 2.16. The van der Waals surface area contributed by atoms with E-state index in [2.05, 4.69) is 31.1 Å². The minimum absolute atomic E-state index is 0.167. The first-order valence-electron chi connectivity index (χ1n) is 10.1. The van der Waals surface area contributed by atoms with Crippen LogP contribution in [0, 0.1) is 25.2 Å². The van der Waals surface area contributed by atoms with Crippen molar-refractivity contribution in [2.24, 2.45) is 0 Å². The van der Waals surface area contributed by atoms with Crippen LogP contribution in [0.5, 0.6) is 0 Å². The number of thioether (sulfide) groups is 1. The van der Waals surface area contributed by atoms with E-state index in [9.17, 15) is 10.1 Å². The number of hydrogen-bond acceptors (Lipinski definition) is 5. The molecule has 0 aliphatic heterocycles. The van der Waals surface area contributed by atoms with E-state index in [1.165, 1.54) is 24.6 Å². The number of nitrogens with zero attached hydrogens (tertiary/aromatic N) is 4. The van der Waals surface area contributed by atoms with Crippen molar-refractivity contribution in [2.45, 2.75) is 50.7 Å². The first-order chi connectivity index (χ1) is 14.6. The first kappa shape index (κ1) is 20.2. The number of anilines is 1. The van der Waals surface area contributed by atoms with Crippen molar-refractivity contribution in [1.82, 2.24) is 19.7 Å². The number of H-pyrrole nitrogens is 1. The third-order valence-electron chi connectivity index (χ3n) is 5.66. The van der Waals surface area contributed by atoms with Crippen LogP contribution in [-0.4, -0.2) is 31.4 Å². The van der Waals surface area contributed by atoms with Crippen molar-refractivity contribution in [1.29, 1.82) is 5.26 Å². The van der Waals surface area contributed by atoms with Crippen molar-refractivity contribution in [3.8, 4) is 17.5 Å². The summed E-state index contributed by atoms with van der Waals surface area (Å²) in [6, 6.07) is 12.3. The number of rotatable bonds is 6. The number of carbonyl (C=O) groups excluding carboxylic acids is 1. The Morgan fingerprint density at radius 2 is 2.03 bits per heavy atom. The van der Waals surface area contributed by atoms with E-state index >= 15 is 0 Å². The molecule has 4 rings (SSSR count). The van der Waals surface area contributed by atoms with Crippen LogP contribution < -0.4 is 5.32 Å². The number of carbonyl (C=O) groups is 1. The van der Waals surface area contributed by atoms with Gasteiger partial charge in [0.05, 0.1) is 11.3 Å². The number of benzene rings is 1. The van der Waals surface area contributed by atoms with Crippen LogP contribution in [0.1, 0.15) is 48.5 Å². The number of aromatic nitrogens is 4. The summed E-state index contributed by atoms with van der Waals surface area (Å²) in [4.78, 5) is 17.1. The molecule has 1 saturated carbocycles. The Balaban J connectivity index is 1.46. The van der Waals surface area contributed by atoms with Crippen LogP contribution in [0.15, 0.2) is 35.5 Å². The SMILES string of the molecule is Cc1c(C#N)c(NC(=O)CSc2n[nH]c(-c3ccccc3)n2)n(C2CCCC2)c1C. The average Bonchev–Trinajstić information content (AvgIpc) is 3.49. The highest BCUT2D eigenvalue weighted by atomic mass is 32.2. The van der Waals surface area contributed by atoms with E-state index in [4.69, 9.17) is 0 Å². The predicted octanol–water partition coefficient (Wildman–Crippen LogP) is 4.61. The Kier molecular flexibility index (Phi) is 5.91. The second-order valence-corrected chi connectivity index (χ2v) is 8.47. The molecule has 0 saturated heterocycles. The molecule has 2 heterocycles. The highest BCUT2D eigenvalue weighted by Gasteiger charge is 2.26. The zero-order valence-corrected chi connectivity index (χ0v) is 17.9. The van der Waals surface area contributed by atoms with Crippen LogP contribution in [0.25, 0.3) is 11.4 Å². The molecule has 1 amide bonds. The Bertz CT molecular complexity index is 1090. The van der Waals surface area contributed by atoms with Gasteiger partial charge in [-0.25, -0.2) is 4.98 Å². The molecule has 2 N–H and O–H groups in total. The van der Waals surface area contributed by atoms with Gasteiger partial charge in [-0.15, -0.1) is 5.10 Å². The highest BCUT2D eigenvalue weighted by molar-refractivity contribution is 7.99. The van der Waals surface area contributed by atoms with Crippen LogP contribution in [-0.2, 0) is 4.79 Å². The fourth-order valence-electron chi connectivity index (χ4n) is 4.04. The average molecular weight is 421 g/mol. The van der Waals surface area contributed by atoms with Crippen LogP contribution in [0.3, 0.4) is 0 Å². The molecule has 3 aromatic rings. The Morgan fingerprint density at radius 1 is 1.30 bits per heavy atom. The van der Waals surface area contributed by atoms with Crippen LogP contribution >= 0.6 is 11.8 Å². The lowest BCUT2D eigenvalue weighted by atomic mass is 10.2. The summed E-state index contributed by atoms with van der Waals surface area (Å²) in [5, 5.41) is 20.3. The van der Waals surface area contributed by atoms with Gasteiger partial charge in [0.25, 0.3) is 0 Å². The van der Waals surface area contributed by atoms with Gasteiger partial charge in [-0.3, -0.25) is 9.89 Å². The molecule has 8 heteroatoms. The van der Waals surface area contributed by atoms with Crippen LogP contribution in [0.4, 0.5) is 5.82 Å². The molecule has 0 radical (unpaired) electrons. The quantitative estimate of drug-likeness (QED) is 0.568. The molecule has 0 spiro atoms. The van der Waals surface area contributed by atoms with Crippen molar-refractivity contribution in [2.75, 3.05) is 11.1 Å². The Labute approximate surface area is 179 Å². The molecule has 2 aromatic heterocycles. The summed E-state index contributed by atoms with van der Waals surface area (Å²) in [6.07, 6.45) is 4.52. The summed E-state index contributed by atoms with van der Waals surface area (Å²) in [6.45, 7) is 3.97. The fraction of sp³-hybridized carbons (Fsp3) is 0.364. The maximum Gasteiger partial charge on any atom is 0.235 e. The highest BCUT2D eigenvalue weighted by Crippen LogP contribution is 2.37. The van der Waals surface area contributed by atoms with E-state index in [-0.39, 0.29) is 11.7 Å². The molecular formula is C22H24N6OS. The minimum Gasteiger partial charge on any atom is -0.327 e. The largest absolute Gasteiger partial charge is 0.327 e. The van der Waals surface area contributed by atoms with Crippen LogP contribution in [0.2, 0.25) is 0 Å². The lowest BCUT2D eigenvalue weighted by Gasteiger charge is -2.19. The van der Waals surface area contributed by atoms with Gasteiger partial charge in [0.2, 0.25) is 11.1 Å². The molecule has 30 heavy (non-hydrogen) atoms.